The predicted octanol–water partition coefficient (Wildman–Crippen LogP) is 1.69. The summed E-state index contributed by atoms with van der Waals surface area (Å²) in [4.78, 5) is 34.0. The average Bonchev–Trinajstić information content (AvgIpc) is 3.01. The Bertz CT molecular complexity index is 1290. The second-order valence-electron chi connectivity index (χ2n) is 10.6. The van der Waals surface area contributed by atoms with Crippen LogP contribution in [0.4, 0.5) is 17.2 Å². The van der Waals surface area contributed by atoms with E-state index in [-0.39, 0.29) is 30.2 Å². The molecule has 13 heteroatoms. The number of rotatable bonds is 11. The highest BCUT2D eigenvalue weighted by atomic mass is 16.5. The molecule has 5 rings (SSSR count). The van der Waals surface area contributed by atoms with Crippen LogP contribution in [0, 0.1) is 5.41 Å². The van der Waals surface area contributed by atoms with Gasteiger partial charge in [-0.15, -0.1) is 0 Å². The molecule has 1 aromatic carbocycles. The summed E-state index contributed by atoms with van der Waals surface area (Å²) in [6.07, 6.45) is 4.58. The Hall–Kier alpha value is -3.94. The monoisotopic (exact) mass is 580 g/mol. The van der Waals surface area contributed by atoms with Crippen molar-refractivity contribution in [2.75, 3.05) is 81.6 Å². The summed E-state index contributed by atoms with van der Waals surface area (Å²) in [6.45, 7) is 8.69. The van der Waals surface area contributed by atoms with Crippen LogP contribution < -0.4 is 26.0 Å². The van der Waals surface area contributed by atoms with E-state index in [0.717, 1.165) is 44.6 Å². The summed E-state index contributed by atoms with van der Waals surface area (Å²) in [5.41, 5.74) is 2.94. The molecule has 3 aliphatic heterocycles. The van der Waals surface area contributed by atoms with Gasteiger partial charge in [-0.25, -0.2) is 4.98 Å². The van der Waals surface area contributed by atoms with Crippen LogP contribution in [0.15, 0.2) is 18.3 Å². The predicted molar refractivity (Wildman–Crippen MR) is 160 cm³/mol. The van der Waals surface area contributed by atoms with E-state index < -0.39 is 0 Å². The lowest BCUT2D eigenvalue weighted by Gasteiger charge is -2.35. The Morgan fingerprint density at radius 1 is 1.24 bits per heavy atom. The van der Waals surface area contributed by atoms with Gasteiger partial charge in [0.15, 0.2) is 12.4 Å². The molecule has 0 radical (unpaired) electrons. The van der Waals surface area contributed by atoms with Crippen LogP contribution in [-0.4, -0.2) is 110 Å². The largest absolute Gasteiger partial charge is 0.506 e. The summed E-state index contributed by atoms with van der Waals surface area (Å²) in [7, 11) is 0. The SMILES string of the molecule is CCNc1ncc(C(=O)N2CCN(CCNCc3ccc(O)c4c3OCC(=O)N4)CC2)c(NC2CCOCC2)c1C=N. The normalized spacial score (nSPS) is 17.6. The number of fused-ring (bicyclic) bond motifs is 1. The molecule has 3 aliphatic rings. The first-order valence-corrected chi connectivity index (χ1v) is 14.6. The molecule has 0 saturated carbocycles. The second-order valence-corrected chi connectivity index (χ2v) is 10.6. The molecule has 0 atom stereocenters. The van der Waals surface area contributed by atoms with E-state index in [4.69, 9.17) is 14.9 Å². The fourth-order valence-corrected chi connectivity index (χ4v) is 5.50. The van der Waals surface area contributed by atoms with E-state index in [1.807, 2.05) is 11.8 Å². The van der Waals surface area contributed by atoms with E-state index in [0.29, 0.717) is 73.5 Å². The fraction of sp³-hybridized carbons (Fsp3) is 0.517. The zero-order valence-electron chi connectivity index (χ0n) is 24.0. The smallest absolute Gasteiger partial charge is 0.262 e. The minimum absolute atomic E-state index is 0.0147. The minimum Gasteiger partial charge on any atom is -0.506 e. The molecule has 1 aromatic heterocycles. The van der Waals surface area contributed by atoms with E-state index in [2.05, 4.69) is 31.2 Å². The number of anilines is 3. The van der Waals surface area contributed by atoms with Crippen LogP contribution in [0.2, 0.25) is 0 Å². The number of phenols is 1. The van der Waals surface area contributed by atoms with Gasteiger partial charge >= 0.3 is 0 Å². The highest BCUT2D eigenvalue weighted by molar-refractivity contribution is 6.05. The lowest BCUT2D eigenvalue weighted by atomic mass is 10.0. The first-order chi connectivity index (χ1) is 20.5. The molecular weight excluding hydrogens is 540 g/mol. The lowest BCUT2D eigenvalue weighted by Crippen LogP contribution is -2.50. The third-order valence-electron chi connectivity index (χ3n) is 7.81. The number of ether oxygens (including phenoxy) is 2. The number of benzene rings is 1. The second kappa shape index (κ2) is 13.8. The molecule has 6 N–H and O–H groups in total. The molecule has 2 aromatic rings. The number of aromatic nitrogens is 1. The number of pyridine rings is 1. The maximum absolute atomic E-state index is 13.7. The number of hydrogen-bond donors (Lipinski definition) is 6. The molecule has 0 spiro atoms. The Kier molecular flexibility index (Phi) is 9.72. The number of phenolic OH excluding ortho intramolecular Hbond substituents is 1. The molecule has 2 fully saturated rings. The molecule has 0 unspecified atom stereocenters. The highest BCUT2D eigenvalue weighted by Crippen LogP contribution is 2.39. The Morgan fingerprint density at radius 2 is 2.02 bits per heavy atom. The van der Waals surface area contributed by atoms with E-state index >= 15 is 0 Å². The van der Waals surface area contributed by atoms with Crippen LogP contribution in [-0.2, 0) is 16.1 Å². The number of amides is 2. The Morgan fingerprint density at radius 3 is 2.76 bits per heavy atom. The number of carbonyl (C=O) groups excluding carboxylic acids is 2. The van der Waals surface area contributed by atoms with Gasteiger partial charge in [0.2, 0.25) is 0 Å². The van der Waals surface area contributed by atoms with Gasteiger partial charge in [0.25, 0.3) is 11.8 Å². The Balaban J connectivity index is 1.16. The molecular formula is C29H40N8O5. The van der Waals surface area contributed by atoms with Gasteiger partial charge in [0.1, 0.15) is 17.3 Å². The summed E-state index contributed by atoms with van der Waals surface area (Å²) >= 11 is 0. The zero-order chi connectivity index (χ0) is 29.5. The molecule has 13 nitrogen and oxygen atoms in total. The number of nitrogens with one attached hydrogen (secondary N) is 5. The number of nitrogens with zero attached hydrogens (tertiary/aromatic N) is 3. The summed E-state index contributed by atoms with van der Waals surface area (Å²) in [5, 5.41) is 31.0. The number of aromatic hydroxyl groups is 1. The first kappa shape index (κ1) is 29.5. The third-order valence-corrected chi connectivity index (χ3v) is 7.81. The van der Waals surface area contributed by atoms with Crippen LogP contribution in [0.3, 0.4) is 0 Å². The van der Waals surface area contributed by atoms with Gasteiger partial charge in [0, 0.05) is 89.6 Å². The topological polar surface area (TPSA) is 164 Å². The lowest BCUT2D eigenvalue weighted by molar-refractivity contribution is -0.118. The minimum atomic E-state index is -0.288. The van der Waals surface area contributed by atoms with Gasteiger partial charge in [-0.1, -0.05) is 6.07 Å². The molecule has 2 amide bonds. The molecule has 42 heavy (non-hydrogen) atoms. The van der Waals surface area contributed by atoms with Crippen molar-refractivity contribution < 1.29 is 24.2 Å². The van der Waals surface area contributed by atoms with Crippen LogP contribution in [0.1, 0.15) is 41.3 Å². The molecule has 226 valence electrons. The maximum Gasteiger partial charge on any atom is 0.262 e. The van der Waals surface area contributed by atoms with Crippen molar-refractivity contribution >= 4 is 35.2 Å². The number of hydrogen-bond acceptors (Lipinski definition) is 11. The quantitative estimate of drug-likeness (QED) is 0.131. The van der Waals surface area contributed by atoms with Gasteiger partial charge in [-0.05, 0) is 25.8 Å². The molecule has 0 aliphatic carbocycles. The van der Waals surface area contributed by atoms with Crippen molar-refractivity contribution in [3.63, 3.8) is 0 Å². The van der Waals surface area contributed by atoms with E-state index in [1.54, 1.807) is 18.3 Å². The number of carbonyl (C=O) groups is 2. The van der Waals surface area contributed by atoms with Gasteiger partial charge < -0.3 is 46.2 Å². The van der Waals surface area contributed by atoms with Crippen molar-refractivity contribution in [1.29, 1.82) is 5.41 Å². The standard InChI is InChI=1S/C29H40N8O5/c1-2-32-28-21(15-30)25(34-20-5-13-41-14-6-20)22(17-33-28)29(40)37-11-9-36(10-12-37)8-7-31-16-19-3-4-23(38)26-27(19)42-18-24(39)35-26/h3-4,15,17,20,30-31,38H,2,5-14,16,18H2,1H3,(H,35,39)(H2,32,33,34). The highest BCUT2D eigenvalue weighted by Gasteiger charge is 2.28. The van der Waals surface area contributed by atoms with Crippen LogP contribution in [0.5, 0.6) is 11.5 Å². The van der Waals surface area contributed by atoms with Crippen LogP contribution >= 0.6 is 0 Å². The average molecular weight is 581 g/mol. The van der Waals surface area contributed by atoms with Gasteiger partial charge in [0.05, 0.1) is 16.8 Å². The molecule has 4 heterocycles. The van der Waals surface area contributed by atoms with E-state index in [9.17, 15) is 14.7 Å². The number of piperazine rings is 1. The zero-order valence-corrected chi connectivity index (χ0v) is 24.0. The fourth-order valence-electron chi connectivity index (χ4n) is 5.50. The van der Waals surface area contributed by atoms with Crippen molar-refractivity contribution in [3.8, 4) is 11.5 Å². The summed E-state index contributed by atoms with van der Waals surface area (Å²) < 4.78 is 11.1. The van der Waals surface area contributed by atoms with Crippen LogP contribution in [0.25, 0.3) is 0 Å². The summed E-state index contributed by atoms with van der Waals surface area (Å²) in [5.74, 6) is 0.715. The van der Waals surface area contributed by atoms with Gasteiger partial charge in [-0.3, -0.25) is 14.5 Å². The summed E-state index contributed by atoms with van der Waals surface area (Å²) in [6, 6.07) is 3.51. The van der Waals surface area contributed by atoms with Gasteiger partial charge in [-0.2, -0.15) is 0 Å². The molecule has 0 bridgehead atoms. The van der Waals surface area contributed by atoms with Crippen molar-refractivity contribution in [2.45, 2.75) is 32.4 Å². The van der Waals surface area contributed by atoms with Crippen molar-refractivity contribution in [1.82, 2.24) is 20.1 Å². The van der Waals surface area contributed by atoms with Crippen molar-refractivity contribution in [2.24, 2.45) is 0 Å². The van der Waals surface area contributed by atoms with E-state index in [1.165, 1.54) is 6.21 Å². The first-order valence-electron chi connectivity index (χ1n) is 14.6. The van der Waals surface area contributed by atoms with Crippen molar-refractivity contribution in [3.05, 3.63) is 35.0 Å². The maximum atomic E-state index is 13.7. The molecule has 2 saturated heterocycles. The third kappa shape index (κ3) is 6.75. The Labute approximate surface area is 245 Å².